The second-order valence-electron chi connectivity index (χ2n) is 5.62. The van der Waals surface area contributed by atoms with E-state index in [1.54, 1.807) is 6.08 Å². The first-order chi connectivity index (χ1) is 9.57. The summed E-state index contributed by atoms with van der Waals surface area (Å²) in [6, 6.07) is -2.15. The number of carbonyl (C=O) groups is 2. The van der Waals surface area contributed by atoms with Gasteiger partial charge in [-0.2, -0.15) is 0 Å². The summed E-state index contributed by atoms with van der Waals surface area (Å²) < 4.78 is 0.355. The fourth-order valence-corrected chi connectivity index (χ4v) is 2.33. The van der Waals surface area contributed by atoms with Crippen LogP contribution in [0.15, 0.2) is 24.0 Å². The van der Waals surface area contributed by atoms with Crippen LogP contribution in [0.1, 0.15) is 6.42 Å². The summed E-state index contributed by atoms with van der Waals surface area (Å²) in [5, 5.41) is 19.5. The fourth-order valence-electron chi connectivity index (χ4n) is 2.33. The molecule has 0 aliphatic carbocycles. The lowest BCUT2D eigenvalue weighted by Crippen LogP contribution is -2.49. The molecule has 0 amide bonds. The molecule has 21 heavy (non-hydrogen) atoms. The van der Waals surface area contributed by atoms with Crippen LogP contribution in [0.4, 0.5) is 0 Å². The number of nitrogens with two attached hydrogens (primary N) is 2. The predicted molar refractivity (Wildman–Crippen MR) is 74.1 cm³/mol. The fraction of sp³-hybridized carbons (Fsp3) is 0.538. The van der Waals surface area contributed by atoms with Gasteiger partial charge in [0.15, 0.2) is 6.17 Å². The summed E-state index contributed by atoms with van der Waals surface area (Å²) in [5.74, 6) is -2.41. The second-order valence-corrected chi connectivity index (χ2v) is 5.62. The highest BCUT2D eigenvalue weighted by atomic mass is 16.4. The van der Waals surface area contributed by atoms with Crippen LogP contribution in [-0.2, 0) is 9.59 Å². The normalized spacial score (nSPS) is 24.0. The molecule has 3 atom stereocenters. The monoisotopic (exact) mass is 298 g/mol. The Morgan fingerprint density at radius 3 is 2.57 bits per heavy atom. The van der Waals surface area contributed by atoms with Crippen molar-refractivity contribution in [2.45, 2.75) is 24.7 Å². The number of quaternary nitrogens is 1. The molecule has 0 aromatic carbocycles. The molecule has 8 heteroatoms. The zero-order chi connectivity index (χ0) is 16.4. The van der Waals surface area contributed by atoms with Crippen molar-refractivity contribution in [2.75, 3.05) is 21.1 Å². The number of rotatable bonds is 6. The molecule has 0 aromatic rings. The first-order valence-corrected chi connectivity index (χ1v) is 6.47. The van der Waals surface area contributed by atoms with Gasteiger partial charge in [-0.25, -0.2) is 0 Å². The third kappa shape index (κ3) is 3.81. The summed E-state index contributed by atoms with van der Waals surface area (Å²) in [6.45, 7) is 0. The molecule has 0 spiro atoms. The van der Waals surface area contributed by atoms with E-state index in [9.17, 15) is 14.7 Å². The van der Waals surface area contributed by atoms with Gasteiger partial charge in [-0.1, -0.05) is 6.08 Å². The van der Waals surface area contributed by atoms with Crippen LogP contribution >= 0.6 is 0 Å². The van der Waals surface area contributed by atoms with Crippen LogP contribution < -0.4 is 16.6 Å². The molecule has 5 N–H and O–H groups in total. The zero-order valence-electron chi connectivity index (χ0n) is 12.4. The minimum Gasteiger partial charge on any atom is -0.548 e. The summed E-state index contributed by atoms with van der Waals surface area (Å²) in [4.78, 5) is 23.4. The molecule has 1 aliphatic heterocycles. The Hall–Kier alpha value is -1.90. The van der Waals surface area contributed by atoms with Gasteiger partial charge in [0.25, 0.3) is 0 Å². The molecule has 0 saturated carbocycles. The average Bonchev–Trinajstić information content (AvgIpc) is 2.56. The molecular formula is C13H22N4O4. The molecule has 0 bridgehead atoms. The maximum Gasteiger partial charge on any atom is 0.321 e. The Balaban J connectivity index is 2.88. The van der Waals surface area contributed by atoms with Gasteiger partial charge < -0.3 is 31.4 Å². The van der Waals surface area contributed by atoms with Crippen LogP contribution in [0.5, 0.6) is 0 Å². The average molecular weight is 298 g/mol. The molecule has 0 fully saturated rings. The smallest absolute Gasteiger partial charge is 0.321 e. The lowest BCUT2D eigenvalue weighted by molar-refractivity contribution is -0.874. The quantitative estimate of drug-likeness (QED) is 0.368. The number of hydrogen-bond acceptors (Lipinski definition) is 6. The van der Waals surface area contributed by atoms with Gasteiger partial charge in [-0.3, -0.25) is 9.28 Å². The summed E-state index contributed by atoms with van der Waals surface area (Å²) in [5.41, 5.74) is 11.8. The molecule has 3 unspecified atom stereocenters. The van der Waals surface area contributed by atoms with Gasteiger partial charge in [0.05, 0.1) is 32.3 Å². The van der Waals surface area contributed by atoms with Crippen molar-refractivity contribution in [3.63, 3.8) is 0 Å². The first kappa shape index (κ1) is 17.2. The minimum absolute atomic E-state index is 0.189. The number of carboxylic acids is 2. The van der Waals surface area contributed by atoms with Crippen LogP contribution in [0.25, 0.3) is 0 Å². The van der Waals surface area contributed by atoms with Crippen LogP contribution in [0.3, 0.4) is 0 Å². The van der Waals surface area contributed by atoms with Gasteiger partial charge in [0.1, 0.15) is 11.7 Å². The third-order valence-electron chi connectivity index (χ3n) is 3.68. The Morgan fingerprint density at radius 2 is 2.10 bits per heavy atom. The SMILES string of the molecule is CN1C=C(CC(N)C(=O)O)[N+](C)(C)C1/C=C/C(N)C(=O)[O-]. The number of hydrogen-bond donors (Lipinski definition) is 3. The molecule has 8 nitrogen and oxygen atoms in total. The van der Waals surface area contributed by atoms with Gasteiger partial charge >= 0.3 is 5.97 Å². The summed E-state index contributed by atoms with van der Waals surface area (Å²) in [6.07, 6.45) is 4.89. The van der Waals surface area contributed by atoms with E-state index in [0.29, 0.717) is 4.48 Å². The highest BCUT2D eigenvalue weighted by molar-refractivity contribution is 5.73. The van der Waals surface area contributed by atoms with Crippen molar-refractivity contribution in [3.05, 3.63) is 24.0 Å². The van der Waals surface area contributed by atoms with Crippen molar-refractivity contribution in [3.8, 4) is 0 Å². The van der Waals surface area contributed by atoms with E-state index in [-0.39, 0.29) is 12.6 Å². The van der Waals surface area contributed by atoms with Crippen LogP contribution in [0.2, 0.25) is 0 Å². The highest BCUT2D eigenvalue weighted by Gasteiger charge is 2.40. The lowest BCUT2D eigenvalue weighted by atomic mass is 10.1. The second kappa shape index (κ2) is 6.25. The third-order valence-corrected chi connectivity index (χ3v) is 3.68. The van der Waals surface area contributed by atoms with E-state index in [0.717, 1.165) is 5.70 Å². The van der Waals surface area contributed by atoms with E-state index >= 15 is 0 Å². The number of carbonyl (C=O) groups excluding carboxylic acids is 1. The van der Waals surface area contributed by atoms with E-state index in [1.807, 2.05) is 32.2 Å². The molecule has 1 rings (SSSR count). The Bertz CT molecular complexity index is 487. The number of aliphatic carboxylic acids is 2. The topological polar surface area (TPSA) is 133 Å². The molecule has 0 saturated heterocycles. The Morgan fingerprint density at radius 1 is 1.52 bits per heavy atom. The number of carboxylic acid groups (broad SMARTS) is 2. The molecule has 0 radical (unpaired) electrons. The van der Waals surface area contributed by atoms with E-state index in [1.165, 1.54) is 6.08 Å². The summed E-state index contributed by atoms with van der Waals surface area (Å²) in [7, 11) is 5.60. The largest absolute Gasteiger partial charge is 0.548 e. The van der Waals surface area contributed by atoms with Crippen molar-refractivity contribution in [1.82, 2.24) is 4.90 Å². The Labute approximate surface area is 123 Å². The molecule has 118 valence electrons. The van der Waals surface area contributed by atoms with E-state index in [4.69, 9.17) is 16.6 Å². The number of nitrogens with zero attached hydrogens (tertiary/aromatic N) is 2. The van der Waals surface area contributed by atoms with E-state index in [2.05, 4.69) is 0 Å². The Kier molecular flexibility index (Phi) is 5.10. The van der Waals surface area contributed by atoms with Gasteiger partial charge in [0, 0.05) is 13.5 Å². The molecular weight excluding hydrogens is 276 g/mol. The van der Waals surface area contributed by atoms with Crippen molar-refractivity contribution < 1.29 is 24.3 Å². The predicted octanol–water partition coefficient (Wildman–Crippen LogP) is -2.39. The number of likely N-dealkylation sites (N-methyl/N-ethyl adjacent to an activating group) is 2. The minimum atomic E-state index is -1.35. The van der Waals surface area contributed by atoms with Gasteiger partial charge in [0.2, 0.25) is 0 Å². The summed E-state index contributed by atoms with van der Waals surface area (Å²) >= 11 is 0. The van der Waals surface area contributed by atoms with Crippen LogP contribution in [0, 0.1) is 0 Å². The van der Waals surface area contributed by atoms with Gasteiger partial charge in [-0.15, -0.1) is 0 Å². The molecule has 1 aliphatic rings. The zero-order valence-corrected chi connectivity index (χ0v) is 12.4. The van der Waals surface area contributed by atoms with E-state index < -0.39 is 24.0 Å². The van der Waals surface area contributed by atoms with Crippen molar-refractivity contribution in [2.24, 2.45) is 11.5 Å². The maximum atomic E-state index is 10.9. The van der Waals surface area contributed by atoms with Crippen molar-refractivity contribution >= 4 is 11.9 Å². The standard InChI is InChI=1S/C13H22N4O4/c1-16-7-8(6-10(15)13(20)21)17(2,3)11(16)5-4-9(14)12(18)19/h4-5,7,9-11H,6,14-15H2,1-3H3,(H-,18,19,20,21)/b5-4+. The van der Waals surface area contributed by atoms with Crippen molar-refractivity contribution in [1.29, 1.82) is 0 Å². The highest BCUT2D eigenvalue weighted by Crippen LogP contribution is 2.30. The lowest BCUT2D eigenvalue weighted by Gasteiger charge is -2.34. The maximum absolute atomic E-state index is 10.9. The van der Waals surface area contributed by atoms with Gasteiger partial charge in [-0.05, 0) is 6.08 Å². The first-order valence-electron chi connectivity index (χ1n) is 6.47. The molecule has 0 aromatic heterocycles. The van der Waals surface area contributed by atoms with Crippen LogP contribution in [-0.4, -0.2) is 65.8 Å². The molecule has 1 heterocycles.